The van der Waals surface area contributed by atoms with Crippen LogP contribution >= 0.6 is 11.8 Å². The van der Waals surface area contributed by atoms with Gasteiger partial charge in [0.25, 0.3) is 0 Å². The fourth-order valence-corrected chi connectivity index (χ4v) is 2.39. The molecule has 0 bridgehead atoms. The van der Waals surface area contributed by atoms with Crippen molar-refractivity contribution in [3.63, 3.8) is 0 Å². The molecule has 1 aromatic carbocycles. The van der Waals surface area contributed by atoms with E-state index < -0.39 is 11.7 Å². The molecule has 0 saturated heterocycles. The summed E-state index contributed by atoms with van der Waals surface area (Å²) >= 11 is 1.25. The van der Waals surface area contributed by atoms with E-state index in [1.165, 1.54) is 23.9 Å². The van der Waals surface area contributed by atoms with Crippen molar-refractivity contribution in [1.29, 1.82) is 0 Å². The normalized spacial score (nSPS) is 11.8. The Hall–Kier alpha value is -2.03. The summed E-state index contributed by atoms with van der Waals surface area (Å²) in [5.41, 5.74) is -0.323. The Morgan fingerprint density at radius 1 is 1.29 bits per heavy atom. The van der Waals surface area contributed by atoms with Crippen LogP contribution in [0.2, 0.25) is 0 Å². The van der Waals surface area contributed by atoms with E-state index in [1.807, 2.05) is 0 Å². The number of hydrogen-bond acceptors (Lipinski definition) is 6. The lowest BCUT2D eigenvalue weighted by Gasteiger charge is -2.06. The minimum absolute atomic E-state index is 0.149. The number of thioether (sulfide) groups is 1. The van der Waals surface area contributed by atoms with Crippen molar-refractivity contribution >= 4 is 17.7 Å². The largest absolute Gasteiger partial charge is 0.462 e. The predicted molar refractivity (Wildman–Crippen MR) is 82.1 cm³/mol. The van der Waals surface area contributed by atoms with Crippen molar-refractivity contribution in [2.45, 2.75) is 31.9 Å². The van der Waals surface area contributed by atoms with E-state index in [9.17, 15) is 18.0 Å². The minimum Gasteiger partial charge on any atom is -0.462 e. The quantitative estimate of drug-likeness (QED) is 0.727. The van der Waals surface area contributed by atoms with Gasteiger partial charge in [0.15, 0.2) is 0 Å². The topological polar surface area (TPSA) is 65.2 Å². The Kier molecular flexibility index (Phi) is 5.87. The molecule has 0 spiro atoms. The summed E-state index contributed by atoms with van der Waals surface area (Å²) in [5.74, 6) is 0.602. The van der Waals surface area contributed by atoms with Gasteiger partial charge in [0.2, 0.25) is 11.7 Å². The second kappa shape index (κ2) is 7.69. The summed E-state index contributed by atoms with van der Waals surface area (Å²) in [6, 6.07) is 4.49. The minimum atomic E-state index is -4.39. The molecule has 9 heteroatoms. The van der Waals surface area contributed by atoms with Gasteiger partial charge in [0.1, 0.15) is 0 Å². The molecule has 0 unspecified atom stereocenters. The number of aromatic nitrogens is 2. The predicted octanol–water partition coefficient (Wildman–Crippen LogP) is 3.94. The third kappa shape index (κ3) is 5.26. The summed E-state index contributed by atoms with van der Waals surface area (Å²) in [6.07, 6.45) is -4.56. The van der Waals surface area contributed by atoms with E-state index in [4.69, 9.17) is 9.26 Å². The summed E-state index contributed by atoms with van der Waals surface area (Å²) in [6.45, 7) is 3.52. The lowest BCUT2D eigenvalue weighted by molar-refractivity contribution is -0.144. The van der Waals surface area contributed by atoms with Gasteiger partial charge in [0.05, 0.1) is 23.2 Å². The molecule has 130 valence electrons. The van der Waals surface area contributed by atoms with E-state index in [0.717, 1.165) is 12.1 Å². The first-order valence-corrected chi connectivity index (χ1v) is 8.18. The van der Waals surface area contributed by atoms with Crippen molar-refractivity contribution in [3.8, 4) is 11.4 Å². The highest BCUT2D eigenvalue weighted by atomic mass is 32.2. The number of carbonyl (C=O) groups is 1. The van der Waals surface area contributed by atoms with Gasteiger partial charge in [-0.15, -0.1) is 11.8 Å². The smallest absolute Gasteiger partial charge is 0.416 e. The van der Waals surface area contributed by atoms with Crippen molar-refractivity contribution < 1.29 is 27.2 Å². The van der Waals surface area contributed by atoms with Gasteiger partial charge >= 0.3 is 12.1 Å². The van der Waals surface area contributed by atoms with Crippen LogP contribution < -0.4 is 0 Å². The van der Waals surface area contributed by atoms with Crippen molar-refractivity contribution in [2.75, 3.05) is 5.75 Å². The Labute approximate surface area is 140 Å². The van der Waals surface area contributed by atoms with Crippen LogP contribution in [-0.4, -0.2) is 28.0 Å². The first-order valence-electron chi connectivity index (χ1n) is 7.03. The van der Waals surface area contributed by atoms with Crippen LogP contribution in [0, 0.1) is 0 Å². The summed E-state index contributed by atoms with van der Waals surface area (Å²) in [7, 11) is 0. The molecule has 2 rings (SSSR count). The number of benzene rings is 1. The molecule has 1 heterocycles. The molecule has 24 heavy (non-hydrogen) atoms. The molecule has 0 aliphatic carbocycles. The van der Waals surface area contributed by atoms with Gasteiger partial charge in [-0.1, -0.05) is 17.3 Å². The average Bonchev–Trinajstić information content (AvgIpc) is 2.94. The van der Waals surface area contributed by atoms with Gasteiger partial charge in [-0.2, -0.15) is 18.2 Å². The maximum atomic E-state index is 12.5. The van der Waals surface area contributed by atoms with Crippen LogP contribution in [0.1, 0.15) is 25.3 Å². The lowest BCUT2D eigenvalue weighted by atomic mass is 10.1. The van der Waals surface area contributed by atoms with Crippen LogP contribution in [0.3, 0.4) is 0 Å². The summed E-state index contributed by atoms with van der Waals surface area (Å²) in [5, 5.41) is 3.73. The molecule has 0 atom stereocenters. The fourth-order valence-electron chi connectivity index (χ4n) is 1.76. The zero-order chi connectivity index (χ0) is 17.7. The standard InChI is InChI=1S/C15H15F3N2O3S/c1-9(2)22-13(21)8-24-7-12-19-14(20-23-12)10-3-5-11(6-4-10)15(16,17)18/h3-6,9H,7-8H2,1-2H3. The SMILES string of the molecule is CC(C)OC(=O)CSCc1nc(-c2ccc(C(F)(F)F)cc2)no1. The van der Waals surface area contributed by atoms with Gasteiger partial charge < -0.3 is 9.26 Å². The molecule has 0 N–H and O–H groups in total. The molecular formula is C15H15F3N2O3S. The third-order valence-corrected chi connectivity index (χ3v) is 3.64. The van der Waals surface area contributed by atoms with Gasteiger partial charge in [0, 0.05) is 5.56 Å². The van der Waals surface area contributed by atoms with Crippen molar-refractivity contribution in [1.82, 2.24) is 10.1 Å². The monoisotopic (exact) mass is 360 g/mol. The highest BCUT2D eigenvalue weighted by Crippen LogP contribution is 2.30. The Morgan fingerprint density at radius 3 is 2.54 bits per heavy atom. The Balaban J connectivity index is 1.92. The molecule has 5 nitrogen and oxygen atoms in total. The van der Waals surface area contributed by atoms with E-state index in [2.05, 4.69) is 10.1 Å². The highest BCUT2D eigenvalue weighted by Gasteiger charge is 2.30. The number of esters is 1. The van der Waals surface area contributed by atoms with E-state index in [0.29, 0.717) is 11.3 Å². The molecular weight excluding hydrogens is 345 g/mol. The first kappa shape index (κ1) is 18.3. The van der Waals surface area contributed by atoms with Crippen LogP contribution in [-0.2, 0) is 21.5 Å². The van der Waals surface area contributed by atoms with Crippen LogP contribution in [0.15, 0.2) is 28.8 Å². The Morgan fingerprint density at radius 2 is 1.96 bits per heavy atom. The van der Waals surface area contributed by atoms with Crippen molar-refractivity contribution in [2.24, 2.45) is 0 Å². The maximum absolute atomic E-state index is 12.5. The van der Waals surface area contributed by atoms with Gasteiger partial charge in [-0.05, 0) is 26.0 Å². The zero-order valence-electron chi connectivity index (χ0n) is 13.0. The number of ether oxygens (including phenoxy) is 1. The average molecular weight is 360 g/mol. The maximum Gasteiger partial charge on any atom is 0.416 e. The number of carbonyl (C=O) groups excluding carboxylic acids is 1. The first-order chi connectivity index (χ1) is 11.3. The molecule has 1 aromatic heterocycles. The molecule has 0 aliphatic rings. The fraction of sp³-hybridized carbons (Fsp3) is 0.400. The molecule has 0 aliphatic heterocycles. The highest BCUT2D eigenvalue weighted by molar-refractivity contribution is 7.99. The zero-order valence-corrected chi connectivity index (χ0v) is 13.8. The number of nitrogens with zero attached hydrogens (tertiary/aromatic N) is 2. The molecule has 0 radical (unpaired) electrons. The Bertz CT molecular complexity index is 684. The molecule has 2 aromatic rings. The van der Waals surface area contributed by atoms with Gasteiger partial charge in [-0.25, -0.2) is 0 Å². The number of halogens is 3. The van der Waals surface area contributed by atoms with E-state index >= 15 is 0 Å². The third-order valence-electron chi connectivity index (χ3n) is 2.75. The number of alkyl halides is 3. The van der Waals surface area contributed by atoms with Crippen LogP contribution in [0.4, 0.5) is 13.2 Å². The van der Waals surface area contributed by atoms with Crippen LogP contribution in [0.25, 0.3) is 11.4 Å². The summed E-state index contributed by atoms with van der Waals surface area (Å²) in [4.78, 5) is 15.5. The van der Waals surface area contributed by atoms with E-state index in [-0.39, 0.29) is 29.5 Å². The second-order valence-electron chi connectivity index (χ2n) is 5.12. The van der Waals surface area contributed by atoms with Crippen molar-refractivity contribution in [3.05, 3.63) is 35.7 Å². The molecule has 0 amide bonds. The lowest BCUT2D eigenvalue weighted by Crippen LogP contribution is -2.13. The van der Waals surface area contributed by atoms with Crippen LogP contribution in [0.5, 0.6) is 0 Å². The second-order valence-corrected chi connectivity index (χ2v) is 6.10. The van der Waals surface area contributed by atoms with E-state index in [1.54, 1.807) is 13.8 Å². The van der Waals surface area contributed by atoms with Gasteiger partial charge in [-0.3, -0.25) is 4.79 Å². The molecule has 0 fully saturated rings. The number of rotatable bonds is 6. The summed E-state index contributed by atoms with van der Waals surface area (Å²) < 4.78 is 47.6. The number of hydrogen-bond donors (Lipinski definition) is 0. The molecule has 0 saturated carbocycles.